The minimum absolute atomic E-state index is 0.115. The van der Waals surface area contributed by atoms with Crippen LogP contribution in [0.1, 0.15) is 98.8 Å². The first-order valence-electron chi connectivity index (χ1n) is 12.7. The first-order valence-corrected chi connectivity index (χ1v) is 12.7. The second-order valence-corrected chi connectivity index (χ2v) is 12.3. The Hall–Kier alpha value is -0.340. The lowest BCUT2D eigenvalue weighted by Crippen LogP contribution is -2.54. The van der Waals surface area contributed by atoms with Gasteiger partial charge in [-0.25, -0.2) is 0 Å². The van der Waals surface area contributed by atoms with Gasteiger partial charge < -0.3 is 10.2 Å². The van der Waals surface area contributed by atoms with Crippen LogP contribution in [-0.2, 0) is 0 Å². The fraction of sp³-hybridized carbons (Fsp3) is 0.926. The van der Waals surface area contributed by atoms with Gasteiger partial charge >= 0.3 is 0 Å². The predicted molar refractivity (Wildman–Crippen MR) is 120 cm³/mol. The fourth-order valence-electron chi connectivity index (χ4n) is 8.78. The molecule has 9 atom stereocenters. The number of aliphatic hydroxyl groups excluding tert-OH is 2. The second kappa shape index (κ2) is 7.97. The van der Waals surface area contributed by atoms with Crippen molar-refractivity contribution in [2.75, 3.05) is 0 Å². The number of aliphatic hydroxyl groups is 2. The summed E-state index contributed by atoms with van der Waals surface area (Å²) in [6.07, 6.45) is 13.8. The van der Waals surface area contributed by atoms with Crippen LogP contribution in [0.2, 0.25) is 0 Å². The Kier molecular flexibility index (Phi) is 6.01. The monoisotopic (exact) mass is 402 g/mol. The molecule has 3 fully saturated rings. The topological polar surface area (TPSA) is 40.5 Å². The molecule has 0 aromatic rings. The van der Waals surface area contributed by atoms with Crippen LogP contribution in [-0.4, -0.2) is 22.4 Å². The lowest BCUT2D eigenvalue weighted by atomic mass is 9.46. The smallest absolute Gasteiger partial charge is 0.0759 e. The molecule has 0 aromatic carbocycles. The summed E-state index contributed by atoms with van der Waals surface area (Å²) in [5, 5.41) is 21.3. The minimum Gasteiger partial charge on any atom is -0.389 e. The average Bonchev–Trinajstić information content (AvgIpc) is 3.00. The molecule has 0 spiro atoms. The van der Waals surface area contributed by atoms with E-state index in [1.807, 2.05) is 6.08 Å². The molecule has 0 saturated heterocycles. The third kappa shape index (κ3) is 3.65. The zero-order valence-electron chi connectivity index (χ0n) is 19.7. The van der Waals surface area contributed by atoms with E-state index in [0.29, 0.717) is 17.3 Å². The Morgan fingerprint density at radius 3 is 2.45 bits per heavy atom. The molecule has 2 nitrogen and oxygen atoms in total. The van der Waals surface area contributed by atoms with Crippen LogP contribution >= 0.6 is 0 Å². The maximum Gasteiger partial charge on any atom is 0.0759 e. The Labute approximate surface area is 179 Å². The van der Waals surface area contributed by atoms with Crippen molar-refractivity contribution in [2.45, 2.75) is 111 Å². The van der Waals surface area contributed by atoms with Gasteiger partial charge in [-0.05, 0) is 96.9 Å². The van der Waals surface area contributed by atoms with Gasteiger partial charge in [0.25, 0.3) is 0 Å². The van der Waals surface area contributed by atoms with E-state index in [-0.39, 0.29) is 17.6 Å². The van der Waals surface area contributed by atoms with Gasteiger partial charge in [0.05, 0.1) is 12.2 Å². The Morgan fingerprint density at radius 2 is 1.72 bits per heavy atom. The van der Waals surface area contributed by atoms with E-state index in [9.17, 15) is 10.2 Å². The highest BCUT2D eigenvalue weighted by atomic mass is 16.3. The van der Waals surface area contributed by atoms with Gasteiger partial charge in [0.2, 0.25) is 0 Å². The van der Waals surface area contributed by atoms with Gasteiger partial charge in [-0.3, -0.25) is 0 Å². The molecule has 4 aliphatic carbocycles. The number of rotatable bonds is 5. The van der Waals surface area contributed by atoms with Crippen molar-refractivity contribution >= 4 is 0 Å². The molecule has 166 valence electrons. The van der Waals surface area contributed by atoms with Gasteiger partial charge in [-0.2, -0.15) is 0 Å². The highest BCUT2D eigenvalue weighted by molar-refractivity contribution is 5.29. The quantitative estimate of drug-likeness (QED) is 0.525. The highest BCUT2D eigenvalue weighted by Crippen LogP contribution is 2.67. The Bertz CT molecular complexity index is 624. The summed E-state index contributed by atoms with van der Waals surface area (Å²) in [7, 11) is 0. The summed E-state index contributed by atoms with van der Waals surface area (Å²) in [6.45, 7) is 12.3. The van der Waals surface area contributed by atoms with E-state index in [2.05, 4.69) is 34.6 Å². The van der Waals surface area contributed by atoms with Gasteiger partial charge in [-0.15, -0.1) is 0 Å². The van der Waals surface area contributed by atoms with Gasteiger partial charge in [-0.1, -0.05) is 60.0 Å². The van der Waals surface area contributed by atoms with Crippen molar-refractivity contribution in [1.82, 2.24) is 0 Å². The Morgan fingerprint density at radius 1 is 0.966 bits per heavy atom. The average molecular weight is 403 g/mol. The van der Waals surface area contributed by atoms with Crippen molar-refractivity contribution in [1.29, 1.82) is 0 Å². The van der Waals surface area contributed by atoms with Crippen molar-refractivity contribution in [3.8, 4) is 0 Å². The summed E-state index contributed by atoms with van der Waals surface area (Å²) in [4.78, 5) is 0. The van der Waals surface area contributed by atoms with Crippen molar-refractivity contribution in [3.63, 3.8) is 0 Å². The minimum atomic E-state index is -0.347. The maximum absolute atomic E-state index is 11.1. The number of hydrogen-bond acceptors (Lipinski definition) is 2. The largest absolute Gasteiger partial charge is 0.389 e. The van der Waals surface area contributed by atoms with Crippen molar-refractivity contribution in [2.24, 2.45) is 46.3 Å². The lowest BCUT2D eigenvalue weighted by molar-refractivity contribution is -0.0874. The van der Waals surface area contributed by atoms with Gasteiger partial charge in [0, 0.05) is 0 Å². The molecule has 3 saturated carbocycles. The molecule has 4 aliphatic rings. The van der Waals surface area contributed by atoms with Gasteiger partial charge in [0.1, 0.15) is 0 Å². The fourth-order valence-corrected chi connectivity index (χ4v) is 8.78. The normalized spacial score (nSPS) is 47.9. The third-order valence-electron chi connectivity index (χ3n) is 10.3. The van der Waals surface area contributed by atoms with Crippen molar-refractivity contribution in [3.05, 3.63) is 11.6 Å². The SMILES string of the molecule is CC(C)CCC[C@@H](C)[C@H]1CC[C@H]2[C@H]3C[C@H](O)C4=C[C@H](O)CC[C@@]4(C)[C@@H]3CC[C@]12C. The molecule has 0 heterocycles. The van der Waals surface area contributed by atoms with E-state index in [4.69, 9.17) is 0 Å². The van der Waals surface area contributed by atoms with Crippen LogP contribution in [0.3, 0.4) is 0 Å². The summed E-state index contributed by atoms with van der Waals surface area (Å²) >= 11 is 0. The molecule has 0 radical (unpaired) electrons. The molecule has 0 bridgehead atoms. The zero-order valence-corrected chi connectivity index (χ0v) is 19.7. The van der Waals surface area contributed by atoms with E-state index in [1.54, 1.807) is 0 Å². The van der Waals surface area contributed by atoms with Crippen LogP contribution in [0, 0.1) is 46.3 Å². The van der Waals surface area contributed by atoms with E-state index in [1.165, 1.54) is 50.5 Å². The molecule has 2 N–H and O–H groups in total. The lowest BCUT2D eigenvalue weighted by Gasteiger charge is -2.60. The predicted octanol–water partition coefficient (Wildman–Crippen LogP) is 6.36. The summed E-state index contributed by atoms with van der Waals surface area (Å²) in [5.74, 6) is 4.70. The van der Waals surface area contributed by atoms with Crippen LogP contribution in [0.5, 0.6) is 0 Å². The standard InChI is InChI=1S/C27H46O2/c1-17(2)7-6-8-18(3)21-9-10-22-20-16-25(29)24-15-19(28)11-13-27(24,5)23(20)12-14-26(21,22)4/h15,17-23,25,28-29H,6-14,16H2,1-5H3/t18-,19-,20-,21-,22+,23-,25+,26-,27+/m1/s1. The molecular formula is C27H46O2. The van der Waals surface area contributed by atoms with Crippen LogP contribution in [0.25, 0.3) is 0 Å². The van der Waals surface area contributed by atoms with Gasteiger partial charge in [0.15, 0.2) is 0 Å². The zero-order chi connectivity index (χ0) is 21.0. The number of fused-ring (bicyclic) bond motifs is 5. The highest BCUT2D eigenvalue weighted by Gasteiger charge is 2.60. The Balaban J connectivity index is 1.52. The van der Waals surface area contributed by atoms with Crippen LogP contribution in [0.15, 0.2) is 11.6 Å². The number of hydrogen-bond donors (Lipinski definition) is 2. The molecule has 29 heavy (non-hydrogen) atoms. The summed E-state index contributed by atoms with van der Waals surface area (Å²) in [5.41, 5.74) is 1.77. The third-order valence-corrected chi connectivity index (χ3v) is 10.3. The van der Waals surface area contributed by atoms with E-state index in [0.717, 1.165) is 42.9 Å². The first-order chi connectivity index (χ1) is 13.7. The molecule has 0 aromatic heterocycles. The van der Waals surface area contributed by atoms with Crippen molar-refractivity contribution < 1.29 is 10.2 Å². The summed E-state index contributed by atoms with van der Waals surface area (Å²) < 4.78 is 0. The molecule has 0 unspecified atom stereocenters. The van der Waals surface area contributed by atoms with Crippen LogP contribution in [0.4, 0.5) is 0 Å². The first kappa shape index (κ1) is 21.9. The van der Waals surface area contributed by atoms with E-state index >= 15 is 0 Å². The van der Waals surface area contributed by atoms with Crippen LogP contribution < -0.4 is 0 Å². The van der Waals surface area contributed by atoms with E-state index < -0.39 is 0 Å². The molecule has 2 heteroatoms. The molecule has 0 amide bonds. The molecule has 4 rings (SSSR count). The maximum atomic E-state index is 11.1. The molecule has 0 aliphatic heterocycles. The molecular weight excluding hydrogens is 356 g/mol. The summed E-state index contributed by atoms with van der Waals surface area (Å²) in [6, 6.07) is 0. The second-order valence-electron chi connectivity index (χ2n) is 12.3.